The standard InChI is InChI=1S/C25H26N2O3/c1-17(12-13-18-8-4-2-5-9-18)26-23(28)21-20-14-15-25(30-20)16-27(24(29)22(21)25)19-10-6-3-7-11-19/h2-11,14-15,17,20-22H,12-13,16H2,1H3,(H,26,28)/t17-,20-,21+,22+,25-/m1/s1. The van der Waals surface area contributed by atoms with Crippen LogP contribution in [0.1, 0.15) is 18.9 Å². The molecule has 2 amide bonds. The topological polar surface area (TPSA) is 58.6 Å². The number of ether oxygens (including phenoxy) is 1. The predicted molar refractivity (Wildman–Crippen MR) is 115 cm³/mol. The number of amides is 2. The Bertz CT molecular complexity index is 974. The van der Waals surface area contributed by atoms with Gasteiger partial charge >= 0.3 is 0 Å². The second-order valence-electron chi connectivity index (χ2n) is 8.59. The van der Waals surface area contributed by atoms with E-state index in [1.165, 1.54) is 5.56 Å². The number of hydrogen-bond donors (Lipinski definition) is 1. The third kappa shape index (κ3) is 3.14. The fraction of sp³-hybridized carbons (Fsp3) is 0.360. The molecule has 5 nitrogen and oxygen atoms in total. The van der Waals surface area contributed by atoms with Crippen molar-refractivity contribution >= 4 is 17.5 Å². The molecule has 3 aliphatic heterocycles. The molecule has 5 atom stereocenters. The Kier molecular flexibility index (Phi) is 4.70. The normalized spacial score (nSPS) is 29.8. The third-order valence-corrected chi connectivity index (χ3v) is 6.57. The van der Waals surface area contributed by atoms with Crippen LogP contribution in [0.2, 0.25) is 0 Å². The molecular formula is C25H26N2O3. The molecule has 2 fully saturated rings. The lowest BCUT2D eigenvalue weighted by Gasteiger charge is -2.25. The molecule has 2 saturated heterocycles. The van der Waals surface area contributed by atoms with Crippen LogP contribution in [0.3, 0.4) is 0 Å². The lowest BCUT2D eigenvalue weighted by atomic mass is 9.76. The van der Waals surface area contributed by atoms with Crippen LogP contribution in [-0.2, 0) is 20.7 Å². The van der Waals surface area contributed by atoms with Gasteiger partial charge in [0, 0.05) is 11.7 Å². The van der Waals surface area contributed by atoms with E-state index in [2.05, 4.69) is 17.4 Å². The van der Waals surface area contributed by atoms with Crippen LogP contribution in [0.4, 0.5) is 5.69 Å². The van der Waals surface area contributed by atoms with E-state index < -0.39 is 17.4 Å². The number of hydrogen-bond acceptors (Lipinski definition) is 3. The summed E-state index contributed by atoms with van der Waals surface area (Å²) in [5.74, 6) is -1.05. The zero-order valence-electron chi connectivity index (χ0n) is 17.0. The highest BCUT2D eigenvalue weighted by Gasteiger charge is 2.67. The lowest BCUT2D eigenvalue weighted by molar-refractivity contribution is -0.132. The molecule has 1 spiro atoms. The van der Waals surface area contributed by atoms with Gasteiger partial charge in [-0.2, -0.15) is 0 Å². The van der Waals surface area contributed by atoms with E-state index in [4.69, 9.17) is 4.74 Å². The molecule has 0 saturated carbocycles. The molecule has 2 aromatic carbocycles. The van der Waals surface area contributed by atoms with Crippen LogP contribution < -0.4 is 10.2 Å². The number of anilines is 1. The number of carbonyl (C=O) groups is 2. The van der Waals surface area contributed by atoms with E-state index in [1.54, 1.807) is 4.90 Å². The predicted octanol–water partition coefficient (Wildman–Crippen LogP) is 3.11. The fourth-order valence-electron chi connectivity index (χ4n) is 5.06. The Morgan fingerprint density at radius 2 is 1.87 bits per heavy atom. The van der Waals surface area contributed by atoms with Gasteiger partial charge in [-0.15, -0.1) is 0 Å². The Balaban J connectivity index is 1.29. The molecule has 0 aliphatic carbocycles. The molecular weight excluding hydrogens is 376 g/mol. The molecule has 0 aromatic heterocycles. The number of aryl methyl sites for hydroxylation is 1. The van der Waals surface area contributed by atoms with Gasteiger partial charge in [-0.25, -0.2) is 0 Å². The van der Waals surface area contributed by atoms with Crippen molar-refractivity contribution in [1.82, 2.24) is 5.32 Å². The Morgan fingerprint density at radius 3 is 2.60 bits per heavy atom. The molecule has 3 heterocycles. The summed E-state index contributed by atoms with van der Waals surface area (Å²) < 4.78 is 6.22. The second kappa shape index (κ2) is 7.40. The number of nitrogens with one attached hydrogen (secondary N) is 1. The minimum atomic E-state index is -0.688. The Morgan fingerprint density at radius 1 is 1.17 bits per heavy atom. The van der Waals surface area contributed by atoms with Crippen LogP contribution in [0.5, 0.6) is 0 Å². The summed E-state index contributed by atoms with van der Waals surface area (Å²) in [5, 5.41) is 3.14. The zero-order valence-corrected chi connectivity index (χ0v) is 17.0. The third-order valence-electron chi connectivity index (χ3n) is 6.57. The van der Waals surface area contributed by atoms with Crippen LogP contribution in [0.15, 0.2) is 72.8 Å². The monoisotopic (exact) mass is 402 g/mol. The van der Waals surface area contributed by atoms with Gasteiger partial charge in [0.15, 0.2) is 0 Å². The van der Waals surface area contributed by atoms with Gasteiger partial charge in [0.05, 0.1) is 24.5 Å². The maximum atomic E-state index is 13.3. The first-order chi connectivity index (χ1) is 14.6. The van der Waals surface area contributed by atoms with Crippen LogP contribution in [-0.4, -0.2) is 36.1 Å². The summed E-state index contributed by atoms with van der Waals surface area (Å²) in [4.78, 5) is 28.3. The maximum absolute atomic E-state index is 13.3. The van der Waals surface area contributed by atoms with Crippen molar-refractivity contribution < 1.29 is 14.3 Å². The number of benzene rings is 2. The molecule has 5 rings (SSSR count). The lowest BCUT2D eigenvalue weighted by Crippen LogP contribution is -2.46. The van der Waals surface area contributed by atoms with E-state index >= 15 is 0 Å². The van der Waals surface area contributed by atoms with Gasteiger partial charge in [-0.1, -0.05) is 60.7 Å². The largest absolute Gasteiger partial charge is 0.360 e. The first kappa shape index (κ1) is 19.1. The Labute approximate surface area is 176 Å². The zero-order chi connectivity index (χ0) is 20.7. The molecule has 1 N–H and O–H groups in total. The highest BCUT2D eigenvalue weighted by Crippen LogP contribution is 2.52. The van der Waals surface area contributed by atoms with Gasteiger partial charge in [-0.05, 0) is 37.5 Å². The highest BCUT2D eigenvalue weighted by molar-refractivity contribution is 6.03. The quantitative estimate of drug-likeness (QED) is 0.756. The summed E-state index contributed by atoms with van der Waals surface area (Å²) in [6.07, 6.45) is 5.38. The van der Waals surface area contributed by atoms with Gasteiger partial charge in [0.25, 0.3) is 0 Å². The number of nitrogens with zero attached hydrogens (tertiary/aromatic N) is 1. The van der Waals surface area contributed by atoms with Gasteiger partial charge < -0.3 is 15.0 Å². The average Bonchev–Trinajstić information content (AvgIpc) is 3.42. The van der Waals surface area contributed by atoms with Crippen LogP contribution in [0, 0.1) is 11.8 Å². The summed E-state index contributed by atoms with van der Waals surface area (Å²) >= 11 is 0. The van der Waals surface area contributed by atoms with Crippen LogP contribution >= 0.6 is 0 Å². The minimum absolute atomic E-state index is 0.0230. The van der Waals surface area contributed by atoms with Gasteiger partial charge in [-0.3, -0.25) is 9.59 Å². The number of para-hydroxylation sites is 1. The van der Waals surface area contributed by atoms with Crippen molar-refractivity contribution in [1.29, 1.82) is 0 Å². The van der Waals surface area contributed by atoms with E-state index in [1.807, 2.05) is 67.6 Å². The molecule has 2 aromatic rings. The van der Waals surface area contributed by atoms with E-state index in [9.17, 15) is 9.59 Å². The molecule has 3 aliphatic rings. The molecule has 0 radical (unpaired) electrons. The maximum Gasteiger partial charge on any atom is 0.234 e. The number of fused-ring (bicyclic) bond motifs is 1. The molecule has 30 heavy (non-hydrogen) atoms. The SMILES string of the molecule is C[C@H](CCc1ccccc1)NC(=O)[C@@H]1[C@H]2C(=O)N(c3ccccc3)C[C@]23C=C[C@H]1O3. The average molecular weight is 402 g/mol. The van der Waals surface area contributed by atoms with E-state index in [-0.39, 0.29) is 24.0 Å². The van der Waals surface area contributed by atoms with Gasteiger partial charge in [0.2, 0.25) is 11.8 Å². The molecule has 5 heteroatoms. The van der Waals surface area contributed by atoms with E-state index in [0.717, 1.165) is 18.5 Å². The van der Waals surface area contributed by atoms with Crippen LogP contribution in [0.25, 0.3) is 0 Å². The minimum Gasteiger partial charge on any atom is -0.360 e. The summed E-state index contributed by atoms with van der Waals surface area (Å²) in [6.45, 7) is 2.48. The molecule has 154 valence electrons. The number of rotatable bonds is 6. The van der Waals surface area contributed by atoms with Crippen molar-refractivity contribution in [3.8, 4) is 0 Å². The highest BCUT2D eigenvalue weighted by atomic mass is 16.5. The van der Waals surface area contributed by atoms with Crippen molar-refractivity contribution in [3.63, 3.8) is 0 Å². The Hall–Kier alpha value is -2.92. The van der Waals surface area contributed by atoms with E-state index in [0.29, 0.717) is 6.54 Å². The van der Waals surface area contributed by atoms with Crippen molar-refractivity contribution in [3.05, 3.63) is 78.4 Å². The van der Waals surface area contributed by atoms with Crippen molar-refractivity contribution in [2.24, 2.45) is 11.8 Å². The smallest absolute Gasteiger partial charge is 0.234 e. The molecule has 0 unspecified atom stereocenters. The first-order valence-electron chi connectivity index (χ1n) is 10.7. The summed E-state index contributed by atoms with van der Waals surface area (Å²) in [5.41, 5.74) is 1.42. The number of carbonyl (C=O) groups excluding carboxylic acids is 2. The second-order valence-corrected chi connectivity index (χ2v) is 8.59. The van der Waals surface area contributed by atoms with Crippen molar-refractivity contribution in [2.45, 2.75) is 37.5 Å². The fourth-order valence-corrected chi connectivity index (χ4v) is 5.06. The van der Waals surface area contributed by atoms with Gasteiger partial charge in [0.1, 0.15) is 5.60 Å². The summed E-state index contributed by atoms with van der Waals surface area (Å²) in [6, 6.07) is 19.9. The first-order valence-corrected chi connectivity index (χ1v) is 10.7. The van der Waals surface area contributed by atoms with Crippen molar-refractivity contribution in [2.75, 3.05) is 11.4 Å². The molecule has 2 bridgehead atoms. The summed E-state index contributed by atoms with van der Waals surface area (Å²) in [7, 11) is 0.